The standard InChI is InChI=1S/C8H15NOS/c1-6(11)8(10)9-7-4-2-3-5-7/h6-7,11H,2-5H2,1H3,(H,9,10). The van der Waals surface area contributed by atoms with Gasteiger partial charge in [-0.15, -0.1) is 0 Å². The molecular formula is C8H15NOS. The molecule has 1 saturated carbocycles. The van der Waals surface area contributed by atoms with Crippen LogP contribution < -0.4 is 5.32 Å². The van der Waals surface area contributed by atoms with Gasteiger partial charge in [0.15, 0.2) is 0 Å². The van der Waals surface area contributed by atoms with Gasteiger partial charge in [-0.1, -0.05) is 12.8 Å². The van der Waals surface area contributed by atoms with Crippen LogP contribution in [0.15, 0.2) is 0 Å². The van der Waals surface area contributed by atoms with Crippen molar-refractivity contribution in [2.24, 2.45) is 0 Å². The van der Waals surface area contributed by atoms with Crippen molar-refractivity contribution >= 4 is 18.5 Å². The van der Waals surface area contributed by atoms with Gasteiger partial charge in [0.2, 0.25) is 5.91 Å². The average Bonchev–Trinajstić information content (AvgIpc) is 2.39. The Bertz CT molecular complexity index is 141. The van der Waals surface area contributed by atoms with Gasteiger partial charge in [-0.2, -0.15) is 12.6 Å². The topological polar surface area (TPSA) is 29.1 Å². The molecule has 0 aromatic carbocycles. The van der Waals surface area contributed by atoms with E-state index in [9.17, 15) is 4.79 Å². The summed E-state index contributed by atoms with van der Waals surface area (Å²) in [5.41, 5.74) is 0. The molecule has 0 aliphatic heterocycles. The SMILES string of the molecule is CC(S)C(=O)NC1CCCC1. The fraction of sp³-hybridized carbons (Fsp3) is 0.875. The molecule has 0 heterocycles. The predicted octanol–water partition coefficient (Wildman–Crippen LogP) is 1.36. The summed E-state index contributed by atoms with van der Waals surface area (Å²) < 4.78 is 0. The first-order valence-corrected chi connectivity index (χ1v) is 4.70. The minimum absolute atomic E-state index is 0.0697. The van der Waals surface area contributed by atoms with Crippen molar-refractivity contribution in [2.45, 2.75) is 43.9 Å². The molecule has 1 rings (SSSR count). The maximum atomic E-state index is 11.1. The first-order valence-electron chi connectivity index (χ1n) is 4.18. The fourth-order valence-corrected chi connectivity index (χ4v) is 1.47. The zero-order chi connectivity index (χ0) is 8.27. The highest BCUT2D eigenvalue weighted by Crippen LogP contribution is 2.17. The van der Waals surface area contributed by atoms with Crippen LogP contribution >= 0.6 is 12.6 Å². The Kier molecular flexibility index (Phi) is 3.24. The Morgan fingerprint density at radius 1 is 1.55 bits per heavy atom. The van der Waals surface area contributed by atoms with Crippen LogP contribution in [0.25, 0.3) is 0 Å². The molecule has 0 radical (unpaired) electrons. The van der Waals surface area contributed by atoms with Crippen molar-refractivity contribution in [3.8, 4) is 0 Å². The summed E-state index contributed by atoms with van der Waals surface area (Å²) >= 11 is 4.05. The number of carbonyl (C=O) groups is 1. The van der Waals surface area contributed by atoms with Crippen molar-refractivity contribution in [1.29, 1.82) is 0 Å². The molecule has 0 aromatic heterocycles. The Hall–Kier alpha value is -0.180. The minimum Gasteiger partial charge on any atom is -0.352 e. The molecule has 0 aromatic rings. The second kappa shape index (κ2) is 4.00. The third-order valence-corrected chi connectivity index (χ3v) is 2.32. The molecule has 1 fully saturated rings. The highest BCUT2D eigenvalue weighted by molar-refractivity contribution is 7.81. The molecule has 64 valence electrons. The normalized spacial score (nSPS) is 21.6. The van der Waals surface area contributed by atoms with Gasteiger partial charge in [0.1, 0.15) is 0 Å². The van der Waals surface area contributed by atoms with Crippen molar-refractivity contribution in [3.63, 3.8) is 0 Å². The molecule has 11 heavy (non-hydrogen) atoms. The Morgan fingerprint density at radius 2 is 2.09 bits per heavy atom. The molecule has 1 aliphatic carbocycles. The molecule has 0 spiro atoms. The number of rotatable bonds is 2. The lowest BCUT2D eigenvalue weighted by Crippen LogP contribution is -2.36. The number of hydrogen-bond acceptors (Lipinski definition) is 2. The van der Waals surface area contributed by atoms with Gasteiger partial charge < -0.3 is 5.32 Å². The molecule has 1 atom stereocenters. The van der Waals surface area contributed by atoms with E-state index in [0.717, 1.165) is 12.8 Å². The van der Waals surface area contributed by atoms with Crippen LogP contribution in [0, 0.1) is 0 Å². The van der Waals surface area contributed by atoms with E-state index < -0.39 is 0 Å². The minimum atomic E-state index is -0.171. The largest absolute Gasteiger partial charge is 0.352 e. The predicted molar refractivity (Wildman–Crippen MR) is 48.8 cm³/mol. The maximum Gasteiger partial charge on any atom is 0.232 e. The molecule has 1 unspecified atom stereocenters. The summed E-state index contributed by atoms with van der Waals surface area (Å²) in [4.78, 5) is 11.1. The van der Waals surface area contributed by atoms with Crippen molar-refractivity contribution in [2.75, 3.05) is 0 Å². The van der Waals surface area contributed by atoms with Gasteiger partial charge in [-0.3, -0.25) is 4.79 Å². The van der Waals surface area contributed by atoms with Gasteiger partial charge in [-0.25, -0.2) is 0 Å². The molecule has 2 nitrogen and oxygen atoms in total. The first-order chi connectivity index (χ1) is 5.20. The first kappa shape index (κ1) is 8.91. The Labute approximate surface area is 73.2 Å². The van der Waals surface area contributed by atoms with E-state index in [1.165, 1.54) is 12.8 Å². The van der Waals surface area contributed by atoms with E-state index in [0.29, 0.717) is 6.04 Å². The van der Waals surface area contributed by atoms with E-state index in [4.69, 9.17) is 0 Å². The van der Waals surface area contributed by atoms with Gasteiger partial charge in [0.25, 0.3) is 0 Å². The smallest absolute Gasteiger partial charge is 0.232 e. The van der Waals surface area contributed by atoms with Crippen LogP contribution in [0.3, 0.4) is 0 Å². The van der Waals surface area contributed by atoms with E-state index in [1.54, 1.807) is 6.92 Å². The highest BCUT2D eigenvalue weighted by atomic mass is 32.1. The summed E-state index contributed by atoms with van der Waals surface area (Å²) in [6.07, 6.45) is 4.80. The second-order valence-corrected chi connectivity index (χ2v) is 3.94. The third-order valence-electron chi connectivity index (χ3n) is 2.08. The van der Waals surface area contributed by atoms with Crippen molar-refractivity contribution in [3.05, 3.63) is 0 Å². The van der Waals surface area contributed by atoms with Crippen molar-refractivity contribution < 1.29 is 4.79 Å². The van der Waals surface area contributed by atoms with E-state index >= 15 is 0 Å². The zero-order valence-electron chi connectivity index (χ0n) is 6.84. The number of thiol groups is 1. The summed E-state index contributed by atoms with van der Waals surface area (Å²) in [6, 6.07) is 0.428. The van der Waals surface area contributed by atoms with E-state index in [1.807, 2.05) is 0 Å². The van der Waals surface area contributed by atoms with Crippen LogP contribution in [0.5, 0.6) is 0 Å². The molecule has 0 saturated heterocycles. The molecular weight excluding hydrogens is 158 g/mol. The summed E-state index contributed by atoms with van der Waals surface area (Å²) in [7, 11) is 0. The van der Waals surface area contributed by atoms with Gasteiger partial charge in [-0.05, 0) is 19.8 Å². The monoisotopic (exact) mass is 173 g/mol. The fourth-order valence-electron chi connectivity index (χ4n) is 1.39. The summed E-state index contributed by atoms with van der Waals surface area (Å²) in [5, 5.41) is 2.79. The van der Waals surface area contributed by atoms with Crippen LogP contribution in [-0.2, 0) is 4.79 Å². The zero-order valence-corrected chi connectivity index (χ0v) is 7.73. The summed E-state index contributed by atoms with van der Waals surface area (Å²) in [6.45, 7) is 1.80. The third kappa shape index (κ3) is 2.73. The lowest BCUT2D eigenvalue weighted by atomic mass is 10.2. The Morgan fingerprint density at radius 3 is 2.55 bits per heavy atom. The molecule has 3 heteroatoms. The van der Waals surface area contributed by atoms with Gasteiger partial charge in [0.05, 0.1) is 5.25 Å². The van der Waals surface area contributed by atoms with Crippen LogP contribution in [0.2, 0.25) is 0 Å². The molecule has 0 bridgehead atoms. The van der Waals surface area contributed by atoms with Crippen LogP contribution in [0.1, 0.15) is 32.6 Å². The maximum absolute atomic E-state index is 11.1. The van der Waals surface area contributed by atoms with E-state index in [2.05, 4.69) is 17.9 Å². The molecule has 1 aliphatic rings. The summed E-state index contributed by atoms with van der Waals surface area (Å²) in [5.74, 6) is 0.0697. The number of nitrogens with one attached hydrogen (secondary N) is 1. The Balaban J connectivity index is 2.24. The van der Waals surface area contributed by atoms with Crippen LogP contribution in [-0.4, -0.2) is 17.2 Å². The quantitative estimate of drug-likeness (QED) is 0.607. The van der Waals surface area contributed by atoms with Gasteiger partial charge in [0, 0.05) is 6.04 Å². The van der Waals surface area contributed by atoms with Gasteiger partial charge >= 0.3 is 0 Å². The molecule has 1 N–H and O–H groups in total. The lowest BCUT2D eigenvalue weighted by Gasteiger charge is -2.12. The van der Waals surface area contributed by atoms with E-state index in [-0.39, 0.29) is 11.2 Å². The highest BCUT2D eigenvalue weighted by Gasteiger charge is 2.18. The molecule has 1 amide bonds. The van der Waals surface area contributed by atoms with Crippen molar-refractivity contribution in [1.82, 2.24) is 5.32 Å². The second-order valence-electron chi connectivity index (χ2n) is 3.17. The lowest BCUT2D eigenvalue weighted by molar-refractivity contribution is -0.120. The van der Waals surface area contributed by atoms with Crippen LogP contribution in [0.4, 0.5) is 0 Å². The number of carbonyl (C=O) groups excluding carboxylic acids is 1. The average molecular weight is 173 g/mol. The number of hydrogen-bond donors (Lipinski definition) is 2. The number of amides is 1.